The fraction of sp³-hybridized carbons (Fsp3) is 0.300. The summed E-state index contributed by atoms with van der Waals surface area (Å²) in [5, 5.41) is 2.89. The van der Waals surface area contributed by atoms with E-state index in [1.807, 2.05) is 24.3 Å². The van der Waals surface area contributed by atoms with Crippen LogP contribution in [-0.4, -0.2) is 32.1 Å². The van der Waals surface area contributed by atoms with Crippen LogP contribution in [0.15, 0.2) is 42.5 Å². The lowest BCUT2D eigenvalue weighted by molar-refractivity contribution is -0.117. The summed E-state index contributed by atoms with van der Waals surface area (Å²) < 4.78 is 10.9. The summed E-state index contributed by atoms with van der Waals surface area (Å²) in [6.45, 7) is 2.50. The van der Waals surface area contributed by atoms with Gasteiger partial charge in [0.15, 0.2) is 0 Å². The van der Waals surface area contributed by atoms with Crippen molar-refractivity contribution >= 4 is 23.2 Å². The minimum absolute atomic E-state index is 0.0470. The molecule has 3 rings (SSSR count). The van der Waals surface area contributed by atoms with E-state index in [0.717, 1.165) is 11.3 Å². The third-order valence-corrected chi connectivity index (χ3v) is 4.30. The highest BCUT2D eigenvalue weighted by atomic mass is 16.5. The van der Waals surface area contributed by atoms with Crippen molar-refractivity contribution in [1.82, 2.24) is 0 Å². The quantitative estimate of drug-likeness (QED) is 0.896. The Morgan fingerprint density at radius 3 is 2.81 bits per heavy atom. The molecule has 0 unspecified atom stereocenters. The molecular weight excluding hydrogens is 332 g/mol. The van der Waals surface area contributed by atoms with Crippen LogP contribution in [0.2, 0.25) is 0 Å². The maximum absolute atomic E-state index is 12.3. The average molecular weight is 354 g/mol. The van der Waals surface area contributed by atoms with E-state index >= 15 is 0 Å². The Kier molecular flexibility index (Phi) is 5.41. The number of methoxy groups -OCH3 is 1. The summed E-state index contributed by atoms with van der Waals surface area (Å²) >= 11 is 0. The minimum Gasteiger partial charge on any atom is -0.496 e. The molecule has 6 nitrogen and oxygen atoms in total. The highest BCUT2D eigenvalue weighted by molar-refractivity contribution is 5.96. The number of rotatable bonds is 5. The number of hydrogen-bond acceptors (Lipinski definition) is 4. The molecule has 2 aromatic rings. The predicted octanol–water partition coefficient (Wildman–Crippen LogP) is 3.01. The molecule has 2 aromatic carbocycles. The molecule has 136 valence electrons. The molecule has 1 aliphatic rings. The first kappa shape index (κ1) is 17.8. The van der Waals surface area contributed by atoms with Gasteiger partial charge in [-0.05, 0) is 36.2 Å². The van der Waals surface area contributed by atoms with Crippen LogP contribution in [0, 0.1) is 0 Å². The van der Waals surface area contributed by atoms with Crippen molar-refractivity contribution in [3.8, 4) is 11.5 Å². The van der Waals surface area contributed by atoms with Gasteiger partial charge in [0, 0.05) is 19.0 Å². The zero-order valence-corrected chi connectivity index (χ0v) is 15.0. The summed E-state index contributed by atoms with van der Waals surface area (Å²) in [5.74, 6) is 1.29. The molecule has 0 aromatic heterocycles. The number of anilines is 2. The van der Waals surface area contributed by atoms with Gasteiger partial charge in [0.2, 0.25) is 11.8 Å². The molecule has 0 radical (unpaired) electrons. The van der Waals surface area contributed by atoms with Crippen molar-refractivity contribution < 1.29 is 19.1 Å². The molecule has 26 heavy (non-hydrogen) atoms. The predicted molar refractivity (Wildman–Crippen MR) is 99.9 cm³/mol. The molecule has 2 amide bonds. The van der Waals surface area contributed by atoms with Gasteiger partial charge < -0.3 is 19.7 Å². The Balaban J connectivity index is 1.66. The third kappa shape index (κ3) is 3.96. The molecule has 0 aliphatic carbocycles. The number of carbonyl (C=O) groups is 2. The number of para-hydroxylation sites is 1. The molecule has 0 atom stereocenters. The topological polar surface area (TPSA) is 67.9 Å². The lowest BCUT2D eigenvalue weighted by atomic mass is 10.1. The van der Waals surface area contributed by atoms with Crippen LogP contribution >= 0.6 is 0 Å². The smallest absolute Gasteiger partial charge is 0.224 e. The van der Waals surface area contributed by atoms with Crippen molar-refractivity contribution in [2.45, 2.75) is 19.8 Å². The van der Waals surface area contributed by atoms with Crippen molar-refractivity contribution in [2.24, 2.45) is 0 Å². The number of fused-ring (bicyclic) bond motifs is 1. The van der Waals surface area contributed by atoms with E-state index in [1.165, 1.54) is 6.92 Å². The lowest BCUT2D eigenvalue weighted by Crippen LogP contribution is -2.36. The van der Waals surface area contributed by atoms with Gasteiger partial charge in [0.1, 0.15) is 18.1 Å². The van der Waals surface area contributed by atoms with Crippen LogP contribution in [0.5, 0.6) is 11.5 Å². The van der Waals surface area contributed by atoms with E-state index in [4.69, 9.17) is 9.47 Å². The van der Waals surface area contributed by atoms with Crippen LogP contribution < -0.4 is 19.7 Å². The molecule has 0 saturated heterocycles. The molecule has 6 heteroatoms. The highest BCUT2D eigenvalue weighted by Gasteiger charge is 2.21. The van der Waals surface area contributed by atoms with Crippen LogP contribution in [0.3, 0.4) is 0 Å². The second kappa shape index (κ2) is 7.91. The van der Waals surface area contributed by atoms with E-state index in [2.05, 4.69) is 5.32 Å². The number of ether oxygens (including phenoxy) is 2. The van der Waals surface area contributed by atoms with Crippen molar-refractivity contribution in [1.29, 1.82) is 0 Å². The molecule has 0 saturated carbocycles. The van der Waals surface area contributed by atoms with E-state index < -0.39 is 0 Å². The van der Waals surface area contributed by atoms with Crippen LogP contribution in [0.25, 0.3) is 0 Å². The van der Waals surface area contributed by atoms with Crippen molar-refractivity contribution in [3.05, 3.63) is 48.0 Å². The number of nitrogens with one attached hydrogen (secondary N) is 1. The Morgan fingerprint density at radius 1 is 1.23 bits per heavy atom. The number of aryl methyl sites for hydroxylation is 1. The summed E-state index contributed by atoms with van der Waals surface area (Å²) in [7, 11) is 1.62. The van der Waals surface area contributed by atoms with E-state index in [-0.39, 0.29) is 11.8 Å². The van der Waals surface area contributed by atoms with Crippen molar-refractivity contribution in [2.75, 3.05) is 30.5 Å². The average Bonchev–Trinajstić information content (AvgIpc) is 2.66. The van der Waals surface area contributed by atoms with Crippen LogP contribution in [0.4, 0.5) is 11.4 Å². The third-order valence-electron chi connectivity index (χ3n) is 4.30. The summed E-state index contributed by atoms with van der Waals surface area (Å²) in [6.07, 6.45) is 0.924. The SMILES string of the molecule is COc1ccccc1CCC(=O)Nc1ccc2c(c1)N(C(C)=O)CCO2. The van der Waals surface area contributed by atoms with Gasteiger partial charge >= 0.3 is 0 Å². The fourth-order valence-corrected chi connectivity index (χ4v) is 3.00. The summed E-state index contributed by atoms with van der Waals surface area (Å²) in [4.78, 5) is 25.7. The standard InChI is InChI=1S/C20H22N2O4/c1-14(23)22-11-12-26-19-9-8-16(13-17(19)22)21-20(24)10-7-15-5-3-4-6-18(15)25-2/h3-6,8-9,13H,7,10-12H2,1-2H3,(H,21,24). The van der Waals surface area contributed by atoms with Crippen LogP contribution in [-0.2, 0) is 16.0 Å². The van der Waals surface area contributed by atoms with E-state index in [1.54, 1.807) is 30.2 Å². The van der Waals surface area contributed by atoms with Gasteiger partial charge in [-0.1, -0.05) is 18.2 Å². The van der Waals surface area contributed by atoms with E-state index in [9.17, 15) is 9.59 Å². The second-order valence-electron chi connectivity index (χ2n) is 6.06. The first-order chi connectivity index (χ1) is 12.6. The highest BCUT2D eigenvalue weighted by Crippen LogP contribution is 2.34. The van der Waals surface area contributed by atoms with Crippen molar-refractivity contribution in [3.63, 3.8) is 0 Å². The molecule has 1 aliphatic heterocycles. The van der Waals surface area contributed by atoms with Gasteiger partial charge in [-0.25, -0.2) is 0 Å². The van der Waals surface area contributed by atoms with Crippen LogP contribution in [0.1, 0.15) is 18.9 Å². The molecule has 0 bridgehead atoms. The minimum atomic E-state index is -0.0954. The summed E-state index contributed by atoms with van der Waals surface area (Å²) in [5.41, 5.74) is 2.32. The maximum atomic E-state index is 12.3. The Morgan fingerprint density at radius 2 is 2.04 bits per heavy atom. The Bertz CT molecular complexity index is 819. The zero-order chi connectivity index (χ0) is 18.5. The summed E-state index contributed by atoms with van der Waals surface area (Å²) in [6, 6.07) is 13.0. The first-order valence-electron chi connectivity index (χ1n) is 8.55. The normalized spacial score (nSPS) is 12.8. The first-order valence-corrected chi connectivity index (χ1v) is 8.55. The lowest BCUT2D eigenvalue weighted by Gasteiger charge is -2.29. The van der Waals surface area contributed by atoms with Gasteiger partial charge in [-0.15, -0.1) is 0 Å². The monoisotopic (exact) mass is 354 g/mol. The molecule has 1 N–H and O–H groups in total. The number of hydrogen-bond donors (Lipinski definition) is 1. The number of carbonyl (C=O) groups excluding carboxylic acids is 2. The molecular formula is C20H22N2O4. The molecule has 0 spiro atoms. The molecule has 1 heterocycles. The molecule has 0 fully saturated rings. The largest absolute Gasteiger partial charge is 0.496 e. The second-order valence-corrected chi connectivity index (χ2v) is 6.06. The Labute approximate surface area is 152 Å². The number of nitrogens with zero attached hydrogens (tertiary/aromatic N) is 1. The number of amides is 2. The van der Waals surface area contributed by atoms with Gasteiger partial charge in [-0.3, -0.25) is 9.59 Å². The fourth-order valence-electron chi connectivity index (χ4n) is 3.00. The van der Waals surface area contributed by atoms with Gasteiger partial charge in [-0.2, -0.15) is 0 Å². The van der Waals surface area contributed by atoms with Gasteiger partial charge in [0.05, 0.1) is 19.3 Å². The van der Waals surface area contributed by atoms with Gasteiger partial charge in [0.25, 0.3) is 0 Å². The zero-order valence-electron chi connectivity index (χ0n) is 15.0. The number of benzene rings is 2. The van der Waals surface area contributed by atoms with E-state index in [0.29, 0.717) is 43.1 Å². The Hall–Kier alpha value is -3.02. The maximum Gasteiger partial charge on any atom is 0.224 e.